The number of hydrogen-bond acceptors (Lipinski definition) is 5. The highest BCUT2D eigenvalue weighted by atomic mass is 32.2. The molecule has 1 aromatic heterocycles. The molecule has 0 aliphatic heterocycles. The van der Waals surface area contributed by atoms with Crippen molar-refractivity contribution < 1.29 is 19.2 Å². The summed E-state index contributed by atoms with van der Waals surface area (Å²) in [5, 5.41) is 18.9. The SMILES string of the molecule is C[S+]([O-])CCCn1c(-c2ccc(C(=N)N)cc2)nc2cc(C(=O)NCCC(=O)O)ccc21. The van der Waals surface area contributed by atoms with Crippen LogP contribution in [0.2, 0.25) is 0 Å². The lowest BCUT2D eigenvalue weighted by atomic mass is 10.1. The molecule has 0 aliphatic carbocycles. The minimum absolute atomic E-state index is 0.0194. The van der Waals surface area contributed by atoms with Crippen LogP contribution in [0.5, 0.6) is 0 Å². The Balaban J connectivity index is 1.95. The molecule has 3 aromatic rings. The van der Waals surface area contributed by atoms with E-state index in [2.05, 4.69) is 5.32 Å². The van der Waals surface area contributed by atoms with E-state index < -0.39 is 17.1 Å². The molecule has 3 rings (SSSR count). The van der Waals surface area contributed by atoms with Crippen molar-refractivity contribution in [3.8, 4) is 11.4 Å². The molecule has 0 bridgehead atoms. The van der Waals surface area contributed by atoms with Gasteiger partial charge < -0.3 is 25.3 Å². The predicted molar refractivity (Wildman–Crippen MR) is 124 cm³/mol. The quantitative estimate of drug-likeness (QED) is 0.208. The van der Waals surface area contributed by atoms with E-state index in [-0.39, 0.29) is 24.7 Å². The molecule has 0 spiro atoms. The number of carboxylic acid groups (broad SMARTS) is 1. The standard InChI is InChI=1S/C22H25N5O4S/c1-32(31)12-2-11-27-18-8-7-16(22(30)25-10-9-19(28)29)13-17(18)26-21(27)15-5-3-14(4-6-15)20(23)24/h3-8,13H,2,9-12H2,1H3,(H3,23,24)(H,25,30)(H,28,29). The molecule has 0 saturated carbocycles. The lowest BCUT2D eigenvalue weighted by molar-refractivity contribution is -0.136. The van der Waals surface area contributed by atoms with Crippen LogP contribution >= 0.6 is 0 Å². The molecule has 0 fully saturated rings. The van der Waals surface area contributed by atoms with Gasteiger partial charge in [-0.3, -0.25) is 15.0 Å². The molecule has 32 heavy (non-hydrogen) atoms. The first kappa shape index (κ1) is 23.3. The van der Waals surface area contributed by atoms with Crippen LogP contribution in [0.4, 0.5) is 0 Å². The number of nitrogens with two attached hydrogens (primary N) is 1. The van der Waals surface area contributed by atoms with Gasteiger partial charge >= 0.3 is 5.97 Å². The predicted octanol–water partition coefficient (Wildman–Crippen LogP) is 1.96. The fourth-order valence-corrected chi connectivity index (χ4v) is 3.86. The van der Waals surface area contributed by atoms with Gasteiger partial charge in [-0.2, -0.15) is 0 Å². The van der Waals surface area contributed by atoms with Gasteiger partial charge in [0, 0.05) is 36.2 Å². The molecule has 0 aliphatic rings. The maximum atomic E-state index is 12.4. The number of benzene rings is 2. The minimum atomic E-state index is -0.979. The first-order chi connectivity index (χ1) is 15.3. The number of imidazole rings is 1. The van der Waals surface area contributed by atoms with Gasteiger partial charge in [-0.25, -0.2) is 4.98 Å². The molecular weight excluding hydrogens is 430 g/mol. The number of fused-ring (bicyclic) bond motifs is 1. The summed E-state index contributed by atoms with van der Waals surface area (Å²) in [4.78, 5) is 27.8. The normalized spacial score (nSPS) is 11.9. The smallest absolute Gasteiger partial charge is 0.305 e. The highest BCUT2D eigenvalue weighted by molar-refractivity contribution is 7.90. The molecule has 5 N–H and O–H groups in total. The Morgan fingerprint density at radius 1 is 1.22 bits per heavy atom. The van der Waals surface area contributed by atoms with Crippen molar-refractivity contribution in [1.29, 1.82) is 5.41 Å². The van der Waals surface area contributed by atoms with Crippen LogP contribution in [0.15, 0.2) is 42.5 Å². The topological polar surface area (TPSA) is 157 Å². The number of amidine groups is 1. The first-order valence-corrected chi connectivity index (χ1v) is 11.7. The molecule has 2 aromatic carbocycles. The van der Waals surface area contributed by atoms with Crippen LogP contribution in [-0.4, -0.2) is 55.5 Å². The highest BCUT2D eigenvalue weighted by Gasteiger charge is 2.16. The third kappa shape index (κ3) is 5.65. The number of aromatic nitrogens is 2. The van der Waals surface area contributed by atoms with E-state index in [4.69, 9.17) is 21.2 Å². The monoisotopic (exact) mass is 455 g/mol. The largest absolute Gasteiger partial charge is 0.617 e. The first-order valence-electron chi connectivity index (χ1n) is 10.0. The van der Waals surface area contributed by atoms with E-state index in [1.54, 1.807) is 30.5 Å². The van der Waals surface area contributed by atoms with E-state index in [1.165, 1.54) is 0 Å². The molecule has 168 valence electrons. The van der Waals surface area contributed by atoms with Gasteiger partial charge in [0.2, 0.25) is 0 Å². The van der Waals surface area contributed by atoms with Crippen molar-refractivity contribution in [2.75, 3.05) is 18.6 Å². The molecule has 9 nitrogen and oxygen atoms in total. The Kier molecular flexibility index (Phi) is 7.49. The Morgan fingerprint density at radius 3 is 2.53 bits per heavy atom. The number of hydrogen-bond donors (Lipinski definition) is 4. The van der Waals surface area contributed by atoms with Crippen LogP contribution in [0, 0.1) is 5.41 Å². The van der Waals surface area contributed by atoms with Crippen LogP contribution in [0.3, 0.4) is 0 Å². The van der Waals surface area contributed by atoms with Crippen molar-refractivity contribution in [2.24, 2.45) is 5.73 Å². The highest BCUT2D eigenvalue weighted by Crippen LogP contribution is 2.26. The number of carbonyl (C=O) groups excluding carboxylic acids is 1. The number of carbonyl (C=O) groups is 2. The zero-order valence-corrected chi connectivity index (χ0v) is 18.4. The van der Waals surface area contributed by atoms with Crippen molar-refractivity contribution in [2.45, 2.75) is 19.4 Å². The molecule has 0 saturated heterocycles. The summed E-state index contributed by atoms with van der Waals surface area (Å²) >= 11 is -0.903. The summed E-state index contributed by atoms with van der Waals surface area (Å²) in [5.74, 6) is -0.106. The van der Waals surface area contributed by atoms with Crippen molar-refractivity contribution in [3.63, 3.8) is 0 Å². The number of nitrogen functional groups attached to an aromatic ring is 1. The van der Waals surface area contributed by atoms with Gasteiger partial charge in [0.05, 0.1) is 23.7 Å². The number of carboxylic acids is 1. The number of amides is 1. The van der Waals surface area contributed by atoms with Gasteiger partial charge in [-0.15, -0.1) is 0 Å². The molecule has 0 radical (unpaired) electrons. The van der Waals surface area contributed by atoms with Gasteiger partial charge in [0.25, 0.3) is 5.91 Å². The van der Waals surface area contributed by atoms with Crippen LogP contribution in [0.1, 0.15) is 28.8 Å². The van der Waals surface area contributed by atoms with Crippen molar-refractivity contribution in [1.82, 2.24) is 14.9 Å². The average Bonchev–Trinajstić information content (AvgIpc) is 3.11. The zero-order chi connectivity index (χ0) is 23.3. The summed E-state index contributed by atoms with van der Waals surface area (Å²) in [6, 6.07) is 12.3. The van der Waals surface area contributed by atoms with Gasteiger partial charge in [-0.05, 0) is 18.2 Å². The minimum Gasteiger partial charge on any atom is -0.617 e. The second-order valence-electron chi connectivity index (χ2n) is 7.31. The van der Waals surface area contributed by atoms with E-state index in [1.807, 2.05) is 22.8 Å². The van der Waals surface area contributed by atoms with Crippen LogP contribution in [0.25, 0.3) is 22.4 Å². The number of nitrogens with zero attached hydrogens (tertiary/aromatic N) is 2. The zero-order valence-electron chi connectivity index (χ0n) is 17.6. The van der Waals surface area contributed by atoms with E-state index in [0.717, 1.165) is 11.1 Å². The Bertz CT molecular complexity index is 1140. The molecule has 10 heteroatoms. The third-order valence-electron chi connectivity index (χ3n) is 4.90. The number of aryl methyl sites for hydroxylation is 1. The third-order valence-corrected chi connectivity index (χ3v) is 5.77. The van der Waals surface area contributed by atoms with E-state index in [0.29, 0.717) is 41.2 Å². The van der Waals surface area contributed by atoms with Crippen LogP contribution < -0.4 is 11.1 Å². The fraction of sp³-hybridized carbons (Fsp3) is 0.273. The van der Waals surface area contributed by atoms with E-state index >= 15 is 0 Å². The van der Waals surface area contributed by atoms with Crippen molar-refractivity contribution >= 4 is 39.9 Å². The lowest BCUT2D eigenvalue weighted by Crippen LogP contribution is -2.25. The maximum Gasteiger partial charge on any atom is 0.305 e. The molecule has 1 heterocycles. The molecule has 1 atom stereocenters. The van der Waals surface area contributed by atoms with E-state index in [9.17, 15) is 14.1 Å². The van der Waals surface area contributed by atoms with Crippen LogP contribution in [-0.2, 0) is 22.5 Å². The summed E-state index contributed by atoms with van der Waals surface area (Å²) < 4.78 is 13.5. The second kappa shape index (κ2) is 10.3. The van der Waals surface area contributed by atoms with Gasteiger partial charge in [0.1, 0.15) is 17.4 Å². The molecule has 1 unspecified atom stereocenters. The number of rotatable bonds is 10. The average molecular weight is 456 g/mol. The number of nitrogens with one attached hydrogen (secondary N) is 2. The summed E-state index contributed by atoms with van der Waals surface area (Å²) in [5.41, 5.74) is 8.83. The maximum absolute atomic E-state index is 12.4. The molecular formula is C22H25N5O4S. The lowest BCUT2D eigenvalue weighted by Gasteiger charge is -2.11. The summed E-state index contributed by atoms with van der Waals surface area (Å²) in [7, 11) is 0. The fourth-order valence-electron chi connectivity index (χ4n) is 3.33. The Labute approximate surface area is 188 Å². The van der Waals surface area contributed by atoms with Crippen molar-refractivity contribution in [3.05, 3.63) is 53.6 Å². The summed E-state index contributed by atoms with van der Waals surface area (Å²) in [6.45, 7) is 0.645. The Hall–Kier alpha value is -3.37. The Morgan fingerprint density at radius 2 is 1.91 bits per heavy atom. The number of aliphatic carboxylic acids is 1. The van der Waals surface area contributed by atoms with Gasteiger partial charge in [0.15, 0.2) is 0 Å². The molecule has 1 amide bonds. The second-order valence-corrected chi connectivity index (χ2v) is 8.87. The summed E-state index contributed by atoms with van der Waals surface area (Å²) in [6.07, 6.45) is 2.22. The van der Waals surface area contributed by atoms with Gasteiger partial charge in [-0.1, -0.05) is 35.4 Å².